The van der Waals surface area contributed by atoms with Crippen LogP contribution in [0, 0.1) is 0 Å². The summed E-state index contributed by atoms with van der Waals surface area (Å²) in [5, 5.41) is 12.9. The van der Waals surface area contributed by atoms with Crippen molar-refractivity contribution in [2.45, 2.75) is 19.1 Å². The van der Waals surface area contributed by atoms with Crippen molar-refractivity contribution >= 4 is 0 Å². The van der Waals surface area contributed by atoms with E-state index in [1.165, 1.54) is 7.05 Å². The zero-order chi connectivity index (χ0) is 10.5. The highest BCUT2D eigenvalue weighted by atomic mass is 19.4. The molecule has 0 rings (SSSR count). The van der Waals surface area contributed by atoms with E-state index in [-0.39, 0.29) is 6.61 Å². The number of allylic oxidation sites excluding steroid dienone is 1. The van der Waals surface area contributed by atoms with Gasteiger partial charge in [-0.2, -0.15) is 13.2 Å². The number of aliphatic hydroxyl groups excluding tert-OH is 1. The molecule has 0 spiro atoms. The average molecular weight is 198 g/mol. The molecule has 3 nitrogen and oxygen atoms in total. The summed E-state index contributed by atoms with van der Waals surface area (Å²) in [6.07, 6.45) is -3.59. The molecule has 3 N–H and O–H groups in total. The lowest BCUT2D eigenvalue weighted by molar-refractivity contribution is -0.0964. The zero-order valence-electron chi connectivity index (χ0n) is 7.44. The Hall–Kier alpha value is -0.910. The van der Waals surface area contributed by atoms with Gasteiger partial charge in [-0.05, 0) is 6.92 Å². The summed E-state index contributed by atoms with van der Waals surface area (Å²) < 4.78 is 36.1. The fourth-order valence-electron chi connectivity index (χ4n) is 0.574. The number of hydrogen-bond acceptors (Lipinski definition) is 3. The second-order valence-corrected chi connectivity index (χ2v) is 2.56. The van der Waals surface area contributed by atoms with Crippen molar-refractivity contribution in [3.05, 3.63) is 11.9 Å². The molecule has 0 bridgehead atoms. The van der Waals surface area contributed by atoms with E-state index in [1.54, 1.807) is 6.92 Å². The molecular formula is C7H13F3N2O. The molecule has 0 aliphatic heterocycles. The van der Waals surface area contributed by atoms with E-state index in [4.69, 9.17) is 5.11 Å². The van der Waals surface area contributed by atoms with Gasteiger partial charge in [-0.3, -0.25) is 0 Å². The van der Waals surface area contributed by atoms with Gasteiger partial charge in [0.15, 0.2) is 0 Å². The molecule has 0 aliphatic rings. The third-order valence-corrected chi connectivity index (χ3v) is 1.36. The van der Waals surface area contributed by atoms with Gasteiger partial charge >= 0.3 is 6.18 Å². The Morgan fingerprint density at radius 3 is 2.38 bits per heavy atom. The molecule has 6 heteroatoms. The van der Waals surface area contributed by atoms with Crippen molar-refractivity contribution in [3.63, 3.8) is 0 Å². The number of hydrogen-bond donors (Lipinski definition) is 3. The van der Waals surface area contributed by atoms with Crippen LogP contribution in [0.3, 0.4) is 0 Å². The Labute approximate surface area is 74.6 Å². The minimum atomic E-state index is -4.39. The fourth-order valence-corrected chi connectivity index (χ4v) is 0.574. The Bertz CT molecular complexity index is 179. The first kappa shape index (κ1) is 12.1. The number of rotatable bonds is 4. The molecule has 0 heterocycles. The SMILES string of the molecule is CN/C(=C\NC(C)CO)C(F)(F)F. The molecule has 0 aliphatic carbocycles. The van der Waals surface area contributed by atoms with Gasteiger partial charge in [0.1, 0.15) is 5.70 Å². The molecule has 1 unspecified atom stereocenters. The maximum atomic E-state index is 12.0. The second kappa shape index (κ2) is 4.96. The maximum absolute atomic E-state index is 12.0. The van der Waals surface area contributed by atoms with E-state index in [0.29, 0.717) is 0 Å². The van der Waals surface area contributed by atoms with Gasteiger partial charge in [-0.25, -0.2) is 0 Å². The van der Waals surface area contributed by atoms with Gasteiger partial charge in [-0.15, -0.1) is 0 Å². The standard InChI is InChI=1S/C7H13F3N2O/c1-5(4-13)12-3-6(11-2)7(8,9)10/h3,5,11-13H,4H2,1-2H3/b6-3-. The average Bonchev–Trinajstić information content (AvgIpc) is 2.02. The topological polar surface area (TPSA) is 44.3 Å². The summed E-state index contributed by atoms with van der Waals surface area (Å²) in [6.45, 7) is 1.35. The van der Waals surface area contributed by atoms with E-state index in [9.17, 15) is 13.2 Å². The predicted molar refractivity (Wildman–Crippen MR) is 42.9 cm³/mol. The summed E-state index contributed by atoms with van der Waals surface area (Å²) in [6, 6.07) is -0.397. The molecule has 0 saturated heterocycles. The minimum absolute atomic E-state index is 0.217. The number of halogens is 3. The van der Waals surface area contributed by atoms with Crippen LogP contribution in [0.5, 0.6) is 0 Å². The van der Waals surface area contributed by atoms with Crippen LogP contribution in [-0.2, 0) is 0 Å². The molecule has 0 aromatic carbocycles. The molecule has 78 valence electrons. The monoisotopic (exact) mass is 198 g/mol. The fraction of sp³-hybridized carbons (Fsp3) is 0.714. The lowest BCUT2D eigenvalue weighted by Gasteiger charge is -2.13. The Morgan fingerprint density at radius 2 is 2.08 bits per heavy atom. The summed E-state index contributed by atoms with van der Waals surface area (Å²) in [4.78, 5) is 0. The summed E-state index contributed by atoms with van der Waals surface area (Å²) in [5.74, 6) is 0. The van der Waals surface area contributed by atoms with Crippen molar-refractivity contribution in [3.8, 4) is 0 Å². The molecular weight excluding hydrogens is 185 g/mol. The molecule has 0 fully saturated rings. The number of aliphatic hydroxyl groups is 1. The Balaban J connectivity index is 4.24. The summed E-state index contributed by atoms with van der Waals surface area (Å²) >= 11 is 0. The first-order valence-corrected chi connectivity index (χ1v) is 3.73. The van der Waals surface area contributed by atoms with Crippen LogP contribution in [0.2, 0.25) is 0 Å². The van der Waals surface area contributed by atoms with Gasteiger partial charge in [0, 0.05) is 19.3 Å². The van der Waals surface area contributed by atoms with Crippen LogP contribution in [0.25, 0.3) is 0 Å². The molecule has 0 aromatic heterocycles. The first-order valence-electron chi connectivity index (χ1n) is 3.73. The van der Waals surface area contributed by atoms with E-state index < -0.39 is 17.9 Å². The lowest BCUT2D eigenvalue weighted by atomic mass is 10.3. The predicted octanol–water partition coefficient (Wildman–Crippen LogP) is 0.580. The van der Waals surface area contributed by atoms with E-state index in [2.05, 4.69) is 5.32 Å². The van der Waals surface area contributed by atoms with Gasteiger partial charge < -0.3 is 15.7 Å². The van der Waals surface area contributed by atoms with Gasteiger partial charge in [0.2, 0.25) is 0 Å². The van der Waals surface area contributed by atoms with Crippen LogP contribution in [0.1, 0.15) is 6.92 Å². The van der Waals surface area contributed by atoms with Crippen LogP contribution in [-0.4, -0.2) is 31.0 Å². The number of nitrogens with one attached hydrogen (secondary N) is 2. The maximum Gasteiger partial charge on any atom is 0.432 e. The van der Waals surface area contributed by atoms with Crippen molar-refractivity contribution in [1.29, 1.82) is 0 Å². The third kappa shape index (κ3) is 4.62. The first-order chi connectivity index (χ1) is 5.91. The van der Waals surface area contributed by atoms with Crippen LogP contribution >= 0.6 is 0 Å². The molecule has 0 amide bonds. The van der Waals surface area contributed by atoms with Crippen molar-refractivity contribution in [1.82, 2.24) is 10.6 Å². The van der Waals surface area contributed by atoms with Crippen molar-refractivity contribution in [2.75, 3.05) is 13.7 Å². The number of alkyl halides is 3. The lowest BCUT2D eigenvalue weighted by Crippen LogP contribution is -2.30. The summed E-state index contributed by atoms with van der Waals surface area (Å²) in [7, 11) is 1.19. The largest absolute Gasteiger partial charge is 0.432 e. The smallest absolute Gasteiger partial charge is 0.394 e. The van der Waals surface area contributed by atoms with E-state index in [0.717, 1.165) is 6.20 Å². The molecule has 0 radical (unpaired) electrons. The van der Waals surface area contributed by atoms with Gasteiger partial charge in [-0.1, -0.05) is 0 Å². The van der Waals surface area contributed by atoms with E-state index >= 15 is 0 Å². The van der Waals surface area contributed by atoms with Crippen LogP contribution in [0.4, 0.5) is 13.2 Å². The Morgan fingerprint density at radius 1 is 1.54 bits per heavy atom. The van der Waals surface area contributed by atoms with E-state index in [1.807, 2.05) is 5.32 Å². The highest BCUT2D eigenvalue weighted by molar-refractivity contribution is 5.04. The van der Waals surface area contributed by atoms with Crippen LogP contribution < -0.4 is 10.6 Å². The van der Waals surface area contributed by atoms with Gasteiger partial charge in [0.05, 0.1) is 6.61 Å². The highest BCUT2D eigenvalue weighted by Crippen LogP contribution is 2.22. The van der Waals surface area contributed by atoms with Gasteiger partial charge in [0.25, 0.3) is 0 Å². The normalized spacial score (nSPS) is 15.4. The molecule has 0 saturated carbocycles. The third-order valence-electron chi connectivity index (χ3n) is 1.36. The molecule has 0 aromatic rings. The van der Waals surface area contributed by atoms with Crippen LogP contribution in [0.15, 0.2) is 11.9 Å². The molecule has 13 heavy (non-hydrogen) atoms. The highest BCUT2D eigenvalue weighted by Gasteiger charge is 2.32. The quantitative estimate of drug-likeness (QED) is 0.619. The summed E-state index contributed by atoms with van der Waals surface area (Å²) in [5.41, 5.74) is -0.868. The van der Waals surface area contributed by atoms with Crippen molar-refractivity contribution < 1.29 is 18.3 Å². The zero-order valence-corrected chi connectivity index (χ0v) is 7.44. The Kier molecular flexibility index (Phi) is 4.61. The minimum Gasteiger partial charge on any atom is -0.394 e. The molecule has 1 atom stereocenters. The second-order valence-electron chi connectivity index (χ2n) is 2.56. The van der Waals surface area contributed by atoms with Crippen molar-refractivity contribution in [2.24, 2.45) is 0 Å².